The highest BCUT2D eigenvalue weighted by Crippen LogP contribution is 2.19. The van der Waals surface area contributed by atoms with Crippen LogP contribution >= 0.6 is 0 Å². The predicted octanol–water partition coefficient (Wildman–Crippen LogP) is 2.27. The van der Waals surface area contributed by atoms with E-state index in [9.17, 15) is 4.79 Å². The summed E-state index contributed by atoms with van der Waals surface area (Å²) in [6.07, 6.45) is 0.993. The summed E-state index contributed by atoms with van der Waals surface area (Å²) in [5.74, 6) is -0.339. The fourth-order valence-electron chi connectivity index (χ4n) is 1.35. The van der Waals surface area contributed by atoms with E-state index in [2.05, 4.69) is 12.2 Å². The second-order valence-corrected chi connectivity index (χ2v) is 3.45. The zero-order valence-corrected chi connectivity index (χ0v) is 9.75. The first-order valence-corrected chi connectivity index (χ1v) is 5.49. The molecular weight excluding hydrogens is 204 g/mol. The van der Waals surface area contributed by atoms with Gasteiger partial charge in [0.25, 0.3) is 0 Å². The number of rotatable bonds is 5. The van der Waals surface area contributed by atoms with E-state index >= 15 is 0 Å². The molecule has 16 heavy (non-hydrogen) atoms. The fraction of sp³-hybridized carbons (Fsp3) is 0.417. The van der Waals surface area contributed by atoms with Crippen LogP contribution in [0.1, 0.15) is 30.6 Å². The summed E-state index contributed by atoms with van der Waals surface area (Å²) < 4.78 is 4.97. The monoisotopic (exact) mass is 222 g/mol. The predicted molar refractivity (Wildman–Crippen MR) is 65.6 cm³/mol. The number of nitrogens with one attached hydrogen (secondary N) is 1. The molecule has 1 aromatic carbocycles. The number of ether oxygens (including phenoxy) is 1. The molecule has 0 saturated heterocycles. The molecule has 0 aliphatic carbocycles. The topological polar surface area (TPSA) is 64.3 Å². The second-order valence-electron chi connectivity index (χ2n) is 3.45. The minimum atomic E-state index is -0.339. The van der Waals surface area contributed by atoms with Crippen LogP contribution in [0.4, 0.5) is 11.4 Å². The Bertz CT molecular complexity index is 364. The maximum absolute atomic E-state index is 11.7. The van der Waals surface area contributed by atoms with Crippen LogP contribution in [0.3, 0.4) is 0 Å². The van der Waals surface area contributed by atoms with Gasteiger partial charge in [0.15, 0.2) is 0 Å². The summed E-state index contributed by atoms with van der Waals surface area (Å²) in [6, 6.07) is 5.20. The van der Waals surface area contributed by atoms with Gasteiger partial charge in [0.1, 0.15) is 0 Å². The molecule has 4 heteroatoms. The van der Waals surface area contributed by atoms with Crippen LogP contribution < -0.4 is 11.1 Å². The maximum Gasteiger partial charge on any atom is 0.340 e. The van der Waals surface area contributed by atoms with E-state index in [4.69, 9.17) is 10.5 Å². The number of carbonyl (C=O) groups is 1. The van der Waals surface area contributed by atoms with Crippen LogP contribution in [0, 0.1) is 0 Å². The van der Waals surface area contributed by atoms with Crippen LogP contribution in [-0.2, 0) is 4.74 Å². The molecule has 0 aliphatic heterocycles. The lowest BCUT2D eigenvalue weighted by Gasteiger charge is -2.11. The van der Waals surface area contributed by atoms with Crippen molar-refractivity contribution < 1.29 is 9.53 Å². The quantitative estimate of drug-likeness (QED) is 0.592. The van der Waals surface area contributed by atoms with E-state index in [1.165, 1.54) is 0 Å². The van der Waals surface area contributed by atoms with E-state index in [-0.39, 0.29) is 5.97 Å². The van der Waals surface area contributed by atoms with Gasteiger partial charge < -0.3 is 15.8 Å². The SMILES string of the molecule is CCCNc1ccc(N)cc1C(=O)OCC. The third-order valence-electron chi connectivity index (χ3n) is 2.10. The average Bonchev–Trinajstić information content (AvgIpc) is 2.27. The Labute approximate surface area is 95.8 Å². The van der Waals surface area contributed by atoms with Crippen molar-refractivity contribution in [3.63, 3.8) is 0 Å². The van der Waals surface area contributed by atoms with Crippen molar-refractivity contribution in [2.75, 3.05) is 24.2 Å². The standard InChI is InChI=1S/C12H18N2O2/c1-3-7-14-11-6-5-9(13)8-10(11)12(15)16-4-2/h5-6,8,14H,3-4,7,13H2,1-2H3. The summed E-state index contributed by atoms with van der Waals surface area (Å²) in [5, 5.41) is 3.17. The molecule has 4 nitrogen and oxygen atoms in total. The first kappa shape index (κ1) is 12.4. The first-order chi connectivity index (χ1) is 7.69. The van der Waals surface area contributed by atoms with Gasteiger partial charge in [-0.1, -0.05) is 6.92 Å². The molecule has 0 atom stereocenters. The van der Waals surface area contributed by atoms with Gasteiger partial charge >= 0.3 is 5.97 Å². The molecule has 88 valence electrons. The summed E-state index contributed by atoms with van der Waals surface area (Å²) >= 11 is 0. The minimum Gasteiger partial charge on any atom is -0.462 e. The number of nitrogen functional groups attached to an aromatic ring is 1. The van der Waals surface area contributed by atoms with Crippen LogP contribution in [0.25, 0.3) is 0 Å². The zero-order valence-electron chi connectivity index (χ0n) is 9.75. The Balaban J connectivity index is 2.93. The average molecular weight is 222 g/mol. The number of hydrogen-bond donors (Lipinski definition) is 2. The molecule has 0 aromatic heterocycles. The molecule has 0 fully saturated rings. The molecule has 0 spiro atoms. The Morgan fingerprint density at radius 3 is 2.81 bits per heavy atom. The van der Waals surface area contributed by atoms with Gasteiger partial charge in [0.2, 0.25) is 0 Å². The lowest BCUT2D eigenvalue weighted by atomic mass is 10.1. The van der Waals surface area contributed by atoms with Crippen molar-refractivity contribution in [2.24, 2.45) is 0 Å². The smallest absolute Gasteiger partial charge is 0.340 e. The van der Waals surface area contributed by atoms with Gasteiger partial charge in [0, 0.05) is 17.9 Å². The van der Waals surface area contributed by atoms with E-state index in [1.54, 1.807) is 25.1 Å². The van der Waals surface area contributed by atoms with Gasteiger partial charge in [-0.3, -0.25) is 0 Å². The molecule has 0 aliphatic rings. The van der Waals surface area contributed by atoms with Crippen molar-refractivity contribution >= 4 is 17.3 Å². The van der Waals surface area contributed by atoms with Gasteiger partial charge in [0.05, 0.1) is 12.2 Å². The number of carbonyl (C=O) groups excluding carboxylic acids is 1. The summed E-state index contributed by atoms with van der Waals surface area (Å²) in [5.41, 5.74) is 7.48. The van der Waals surface area contributed by atoms with Crippen LogP contribution in [0.5, 0.6) is 0 Å². The third-order valence-corrected chi connectivity index (χ3v) is 2.10. The molecule has 1 aromatic rings. The number of esters is 1. The van der Waals surface area contributed by atoms with Crippen LogP contribution in [0.15, 0.2) is 18.2 Å². The molecular formula is C12H18N2O2. The van der Waals surface area contributed by atoms with Gasteiger partial charge in [-0.2, -0.15) is 0 Å². The first-order valence-electron chi connectivity index (χ1n) is 5.49. The van der Waals surface area contributed by atoms with Crippen molar-refractivity contribution in [1.82, 2.24) is 0 Å². The van der Waals surface area contributed by atoms with Crippen molar-refractivity contribution in [3.05, 3.63) is 23.8 Å². The summed E-state index contributed by atoms with van der Waals surface area (Å²) in [4.78, 5) is 11.7. The Morgan fingerprint density at radius 1 is 1.44 bits per heavy atom. The lowest BCUT2D eigenvalue weighted by molar-refractivity contribution is 0.0527. The Morgan fingerprint density at radius 2 is 2.19 bits per heavy atom. The minimum absolute atomic E-state index is 0.339. The normalized spacial score (nSPS) is 9.88. The van der Waals surface area contributed by atoms with E-state index in [1.807, 2.05) is 0 Å². The van der Waals surface area contributed by atoms with Crippen molar-refractivity contribution in [1.29, 1.82) is 0 Å². The van der Waals surface area contributed by atoms with Crippen LogP contribution in [0.2, 0.25) is 0 Å². The highest BCUT2D eigenvalue weighted by atomic mass is 16.5. The molecule has 0 unspecified atom stereocenters. The van der Waals surface area contributed by atoms with Crippen molar-refractivity contribution in [3.8, 4) is 0 Å². The molecule has 0 radical (unpaired) electrons. The molecule has 3 N–H and O–H groups in total. The largest absolute Gasteiger partial charge is 0.462 e. The van der Waals surface area contributed by atoms with E-state index in [0.29, 0.717) is 17.9 Å². The van der Waals surface area contributed by atoms with Gasteiger partial charge in [-0.05, 0) is 31.5 Å². The van der Waals surface area contributed by atoms with Gasteiger partial charge in [-0.25, -0.2) is 4.79 Å². The number of benzene rings is 1. The third kappa shape index (κ3) is 3.15. The molecule has 0 bridgehead atoms. The van der Waals surface area contributed by atoms with E-state index in [0.717, 1.165) is 18.7 Å². The molecule has 0 heterocycles. The van der Waals surface area contributed by atoms with Crippen LogP contribution in [-0.4, -0.2) is 19.1 Å². The second kappa shape index (κ2) is 6.00. The Hall–Kier alpha value is -1.71. The summed E-state index contributed by atoms with van der Waals surface area (Å²) in [7, 11) is 0. The fourth-order valence-corrected chi connectivity index (χ4v) is 1.35. The van der Waals surface area contributed by atoms with Crippen molar-refractivity contribution in [2.45, 2.75) is 20.3 Å². The summed E-state index contributed by atoms with van der Waals surface area (Å²) in [6.45, 7) is 5.02. The number of hydrogen-bond acceptors (Lipinski definition) is 4. The number of anilines is 2. The maximum atomic E-state index is 11.7. The lowest BCUT2D eigenvalue weighted by Crippen LogP contribution is -2.11. The van der Waals surface area contributed by atoms with Gasteiger partial charge in [-0.15, -0.1) is 0 Å². The molecule has 0 saturated carbocycles. The number of nitrogens with two attached hydrogens (primary N) is 1. The highest BCUT2D eigenvalue weighted by Gasteiger charge is 2.12. The van der Waals surface area contributed by atoms with E-state index < -0.39 is 0 Å². The zero-order chi connectivity index (χ0) is 12.0. The highest BCUT2D eigenvalue weighted by molar-refractivity contribution is 5.96. The molecule has 1 rings (SSSR count). The Kier molecular flexibility index (Phi) is 4.64. The molecule has 0 amide bonds.